The lowest BCUT2D eigenvalue weighted by molar-refractivity contribution is -0.131. The van der Waals surface area contributed by atoms with Crippen LogP contribution in [0.25, 0.3) is 0 Å². The summed E-state index contributed by atoms with van der Waals surface area (Å²) in [6.45, 7) is 11.9. The van der Waals surface area contributed by atoms with Gasteiger partial charge in [-0.25, -0.2) is 4.98 Å². The lowest BCUT2D eigenvalue weighted by Gasteiger charge is -2.24. The molecule has 0 aliphatic rings. The molecule has 1 heterocycles. The number of thiazole rings is 1. The van der Waals surface area contributed by atoms with Gasteiger partial charge in [-0.05, 0) is 5.41 Å². The monoisotopic (exact) mass is 269 g/mol. The second kappa shape index (κ2) is 5.10. The fourth-order valence-corrected chi connectivity index (χ4v) is 2.50. The van der Waals surface area contributed by atoms with E-state index < -0.39 is 11.5 Å². The van der Waals surface area contributed by atoms with Gasteiger partial charge in [-0.3, -0.25) is 4.79 Å². The average molecular weight is 269 g/mol. The molecule has 1 rings (SSSR count). The highest BCUT2D eigenvalue weighted by atomic mass is 32.1. The van der Waals surface area contributed by atoms with Gasteiger partial charge in [0.25, 0.3) is 0 Å². The number of aliphatic hydroxyl groups is 1. The highest BCUT2D eigenvalue weighted by molar-refractivity contribution is 7.09. The minimum atomic E-state index is -0.931. The summed E-state index contributed by atoms with van der Waals surface area (Å²) in [5.41, 5.74) is 0.585. The Morgan fingerprint density at radius 3 is 2.28 bits per heavy atom. The normalized spacial score (nSPS) is 14.6. The Balaban J connectivity index is 2.75. The van der Waals surface area contributed by atoms with Crippen molar-refractivity contribution in [1.29, 1.82) is 0 Å². The first kappa shape index (κ1) is 15.3. The zero-order chi connectivity index (χ0) is 14.1. The Labute approximate surface area is 113 Å². The highest BCUT2D eigenvalue weighted by Gasteiger charge is 2.29. The summed E-state index contributed by atoms with van der Waals surface area (Å²) < 4.78 is 0. The maximum atomic E-state index is 11.9. The van der Waals surface area contributed by atoms with E-state index in [1.807, 2.05) is 26.2 Å². The Kier molecular flexibility index (Phi) is 4.34. The standard InChI is InChI=1S/C14H23NO2S/c1-13(2,3)10-8-18-11(15-10)7-9(16)12(17)14(4,5)6/h8,12,17H,7H2,1-6H3. The quantitative estimate of drug-likeness (QED) is 0.918. The van der Waals surface area contributed by atoms with Crippen LogP contribution in [0.2, 0.25) is 0 Å². The van der Waals surface area contributed by atoms with Gasteiger partial charge in [-0.2, -0.15) is 0 Å². The third-order valence-electron chi connectivity index (χ3n) is 2.77. The van der Waals surface area contributed by atoms with Crippen LogP contribution in [-0.4, -0.2) is 22.0 Å². The largest absolute Gasteiger partial charge is 0.385 e. The van der Waals surface area contributed by atoms with Gasteiger partial charge < -0.3 is 5.11 Å². The summed E-state index contributed by atoms with van der Waals surface area (Å²) in [6.07, 6.45) is -0.710. The molecule has 3 nitrogen and oxygen atoms in total. The van der Waals surface area contributed by atoms with Crippen LogP contribution in [0.15, 0.2) is 5.38 Å². The van der Waals surface area contributed by atoms with E-state index in [1.54, 1.807) is 0 Å². The summed E-state index contributed by atoms with van der Waals surface area (Å²) >= 11 is 1.49. The molecule has 0 fully saturated rings. The van der Waals surface area contributed by atoms with E-state index in [0.29, 0.717) is 0 Å². The topological polar surface area (TPSA) is 50.2 Å². The number of hydrogen-bond acceptors (Lipinski definition) is 4. The number of carbonyl (C=O) groups excluding carboxylic acids is 1. The van der Waals surface area contributed by atoms with Gasteiger partial charge >= 0.3 is 0 Å². The van der Waals surface area contributed by atoms with Crippen LogP contribution in [0.4, 0.5) is 0 Å². The molecule has 1 aromatic rings. The molecule has 0 spiro atoms. The maximum Gasteiger partial charge on any atom is 0.168 e. The number of rotatable bonds is 3. The molecule has 1 aromatic heterocycles. The average Bonchev–Trinajstić information content (AvgIpc) is 2.62. The van der Waals surface area contributed by atoms with Crippen molar-refractivity contribution in [3.63, 3.8) is 0 Å². The smallest absolute Gasteiger partial charge is 0.168 e. The molecular formula is C14H23NO2S. The van der Waals surface area contributed by atoms with Gasteiger partial charge in [0.05, 0.1) is 12.1 Å². The van der Waals surface area contributed by atoms with E-state index in [2.05, 4.69) is 25.8 Å². The lowest BCUT2D eigenvalue weighted by atomic mass is 9.86. The molecule has 0 radical (unpaired) electrons. The first-order valence-corrected chi connectivity index (χ1v) is 7.05. The van der Waals surface area contributed by atoms with Crippen LogP contribution in [-0.2, 0) is 16.6 Å². The molecule has 0 saturated carbocycles. The molecule has 1 unspecified atom stereocenters. The molecule has 18 heavy (non-hydrogen) atoms. The molecule has 102 valence electrons. The minimum absolute atomic E-state index is 0.000437. The first-order chi connectivity index (χ1) is 8.01. The van der Waals surface area contributed by atoms with Crippen molar-refractivity contribution in [3.05, 3.63) is 16.1 Å². The Hall–Kier alpha value is -0.740. The van der Waals surface area contributed by atoms with Crippen molar-refractivity contribution in [2.75, 3.05) is 0 Å². The second-order valence-corrected chi connectivity index (χ2v) is 7.73. The Morgan fingerprint density at radius 1 is 1.33 bits per heavy atom. The van der Waals surface area contributed by atoms with Crippen LogP contribution in [0.5, 0.6) is 0 Å². The number of aliphatic hydroxyl groups excluding tert-OH is 1. The molecular weight excluding hydrogens is 246 g/mol. The SMILES string of the molecule is CC(C)(C)c1csc(CC(=O)C(O)C(C)(C)C)n1. The first-order valence-electron chi connectivity index (χ1n) is 6.17. The molecule has 0 aliphatic carbocycles. The summed E-state index contributed by atoms with van der Waals surface area (Å²) in [7, 11) is 0. The summed E-state index contributed by atoms with van der Waals surface area (Å²) in [4.78, 5) is 16.4. The lowest BCUT2D eigenvalue weighted by Crippen LogP contribution is -2.35. The van der Waals surface area contributed by atoms with E-state index in [0.717, 1.165) is 10.7 Å². The Bertz CT molecular complexity index is 424. The van der Waals surface area contributed by atoms with Gasteiger partial charge in [0.15, 0.2) is 5.78 Å². The van der Waals surface area contributed by atoms with E-state index in [4.69, 9.17) is 0 Å². The third-order valence-corrected chi connectivity index (χ3v) is 3.62. The van der Waals surface area contributed by atoms with Gasteiger partial charge in [0, 0.05) is 10.8 Å². The summed E-state index contributed by atoms with van der Waals surface area (Å²) in [5.74, 6) is -0.155. The van der Waals surface area contributed by atoms with Gasteiger partial charge in [0.1, 0.15) is 11.1 Å². The molecule has 1 N–H and O–H groups in total. The predicted octanol–water partition coefficient (Wildman–Crippen LogP) is 2.96. The Morgan fingerprint density at radius 2 is 1.89 bits per heavy atom. The van der Waals surface area contributed by atoms with Gasteiger partial charge in [-0.1, -0.05) is 41.5 Å². The zero-order valence-corrected chi connectivity index (χ0v) is 12.9. The van der Waals surface area contributed by atoms with Crippen molar-refractivity contribution in [2.24, 2.45) is 5.41 Å². The predicted molar refractivity (Wildman–Crippen MR) is 75.0 cm³/mol. The summed E-state index contributed by atoms with van der Waals surface area (Å²) in [5, 5.41) is 12.7. The highest BCUT2D eigenvalue weighted by Crippen LogP contribution is 2.25. The van der Waals surface area contributed by atoms with Crippen LogP contribution in [0, 0.1) is 5.41 Å². The van der Waals surface area contributed by atoms with Crippen LogP contribution >= 0.6 is 11.3 Å². The number of nitrogens with zero attached hydrogens (tertiary/aromatic N) is 1. The van der Waals surface area contributed by atoms with Crippen molar-refractivity contribution in [1.82, 2.24) is 4.98 Å². The minimum Gasteiger partial charge on any atom is -0.385 e. The second-order valence-electron chi connectivity index (χ2n) is 6.79. The number of Topliss-reactive ketones (excluding diaryl/α,β-unsaturated/α-hetero) is 1. The molecule has 1 atom stereocenters. The molecule has 0 aliphatic heterocycles. The number of ketones is 1. The van der Waals surface area contributed by atoms with Crippen LogP contribution in [0.1, 0.15) is 52.2 Å². The van der Waals surface area contributed by atoms with E-state index in [1.165, 1.54) is 11.3 Å². The van der Waals surface area contributed by atoms with Gasteiger partial charge in [-0.15, -0.1) is 11.3 Å². The fraction of sp³-hybridized carbons (Fsp3) is 0.714. The molecule has 0 amide bonds. The van der Waals surface area contributed by atoms with E-state index in [-0.39, 0.29) is 17.6 Å². The maximum absolute atomic E-state index is 11.9. The number of hydrogen-bond donors (Lipinski definition) is 1. The van der Waals surface area contributed by atoms with Crippen LogP contribution < -0.4 is 0 Å². The molecule has 4 heteroatoms. The third kappa shape index (κ3) is 3.89. The van der Waals surface area contributed by atoms with E-state index >= 15 is 0 Å². The number of carbonyl (C=O) groups is 1. The number of aromatic nitrogens is 1. The van der Waals surface area contributed by atoms with E-state index in [9.17, 15) is 9.90 Å². The van der Waals surface area contributed by atoms with Crippen LogP contribution in [0.3, 0.4) is 0 Å². The molecule has 0 aromatic carbocycles. The van der Waals surface area contributed by atoms with Crippen molar-refractivity contribution < 1.29 is 9.90 Å². The molecule has 0 bridgehead atoms. The van der Waals surface area contributed by atoms with Gasteiger partial charge in [0.2, 0.25) is 0 Å². The zero-order valence-electron chi connectivity index (χ0n) is 12.1. The van der Waals surface area contributed by atoms with Crippen molar-refractivity contribution in [2.45, 2.75) is 59.5 Å². The fourth-order valence-electron chi connectivity index (χ4n) is 1.47. The molecule has 0 saturated heterocycles. The van der Waals surface area contributed by atoms with Crippen molar-refractivity contribution in [3.8, 4) is 0 Å². The summed E-state index contributed by atoms with van der Waals surface area (Å²) in [6, 6.07) is 0. The van der Waals surface area contributed by atoms with Crippen molar-refractivity contribution >= 4 is 17.1 Å².